The molecule has 3 aliphatic rings. The molecule has 2 heterocycles. The van der Waals surface area contributed by atoms with Gasteiger partial charge in [0.1, 0.15) is 6.17 Å². The fourth-order valence-corrected chi connectivity index (χ4v) is 5.53. The second kappa shape index (κ2) is 8.32. The van der Waals surface area contributed by atoms with Gasteiger partial charge in [-0.05, 0) is 48.1 Å². The van der Waals surface area contributed by atoms with Crippen LogP contribution in [0, 0.1) is 5.92 Å². The number of carbonyl (C=O) groups is 2. The molecule has 0 spiro atoms. The Labute approximate surface area is 194 Å². The van der Waals surface area contributed by atoms with E-state index in [1.54, 1.807) is 18.9 Å². The first-order chi connectivity index (χ1) is 15.9. The number of hydrazine groups is 1. The molecule has 2 aliphatic heterocycles. The summed E-state index contributed by atoms with van der Waals surface area (Å²) < 4.78 is 0. The SMILES string of the molecule is CC1CN2C(=C(O)C1=O)C(=O)N(C)C(CCN)N2C1c2ccccc2CCc2ccccc21. The predicted octanol–water partition coefficient (Wildman–Crippen LogP) is 2.53. The van der Waals surface area contributed by atoms with E-state index in [9.17, 15) is 14.7 Å². The summed E-state index contributed by atoms with van der Waals surface area (Å²) >= 11 is 0. The van der Waals surface area contributed by atoms with Crippen molar-refractivity contribution in [1.82, 2.24) is 14.9 Å². The van der Waals surface area contributed by atoms with Gasteiger partial charge < -0.3 is 15.7 Å². The standard InChI is InChI=1S/C26H30N4O3/c1-16-15-29-23(25(32)24(16)31)26(33)28(2)21(13-14-27)30(29)22-19-9-5-3-7-17(19)11-12-18-8-4-6-10-20(18)22/h3-10,16,21-22,32H,11-15,27H2,1-2H3. The summed E-state index contributed by atoms with van der Waals surface area (Å²) in [6, 6.07) is 16.7. The molecular formula is C26H30N4O3. The third-order valence-electron chi connectivity index (χ3n) is 7.22. The molecule has 1 amide bonds. The maximum Gasteiger partial charge on any atom is 0.276 e. The number of Topliss-reactive ketones (excluding diaryl/α,β-unsaturated/α-hetero) is 1. The van der Waals surface area contributed by atoms with Crippen LogP contribution in [0.5, 0.6) is 0 Å². The molecule has 33 heavy (non-hydrogen) atoms. The number of benzene rings is 2. The first kappa shape index (κ1) is 21.7. The van der Waals surface area contributed by atoms with E-state index in [2.05, 4.69) is 41.4 Å². The molecule has 2 unspecified atom stereocenters. The van der Waals surface area contributed by atoms with Crippen molar-refractivity contribution in [3.8, 4) is 0 Å². The van der Waals surface area contributed by atoms with E-state index in [0.29, 0.717) is 19.5 Å². The Kier molecular flexibility index (Phi) is 5.46. The van der Waals surface area contributed by atoms with Crippen molar-refractivity contribution >= 4 is 11.7 Å². The number of nitrogens with zero attached hydrogens (tertiary/aromatic N) is 3. The lowest BCUT2D eigenvalue weighted by molar-refractivity contribution is -0.178. The summed E-state index contributed by atoms with van der Waals surface area (Å²) in [6.07, 6.45) is 2.10. The summed E-state index contributed by atoms with van der Waals surface area (Å²) in [6.45, 7) is 2.53. The van der Waals surface area contributed by atoms with E-state index in [4.69, 9.17) is 5.73 Å². The van der Waals surface area contributed by atoms with Crippen molar-refractivity contribution in [3.05, 3.63) is 82.2 Å². The van der Waals surface area contributed by atoms with Gasteiger partial charge in [-0.15, -0.1) is 0 Å². The molecule has 7 heteroatoms. The van der Waals surface area contributed by atoms with Crippen LogP contribution in [0.2, 0.25) is 0 Å². The van der Waals surface area contributed by atoms with Gasteiger partial charge in [-0.3, -0.25) is 14.6 Å². The first-order valence-electron chi connectivity index (χ1n) is 11.6. The molecule has 2 atom stereocenters. The summed E-state index contributed by atoms with van der Waals surface area (Å²) in [4.78, 5) is 27.6. The van der Waals surface area contributed by atoms with Gasteiger partial charge in [0.15, 0.2) is 11.5 Å². The van der Waals surface area contributed by atoms with E-state index in [-0.39, 0.29) is 29.6 Å². The second-order valence-electron chi connectivity index (χ2n) is 9.20. The summed E-state index contributed by atoms with van der Waals surface area (Å²) in [7, 11) is 1.73. The van der Waals surface area contributed by atoms with E-state index in [1.807, 2.05) is 17.1 Å². The number of likely N-dealkylation sites (N-methyl/N-ethyl adjacent to an activating group) is 1. The minimum atomic E-state index is -0.447. The van der Waals surface area contributed by atoms with Crippen molar-refractivity contribution in [1.29, 1.82) is 0 Å². The highest BCUT2D eigenvalue weighted by molar-refractivity contribution is 6.06. The summed E-state index contributed by atoms with van der Waals surface area (Å²) in [5.74, 6) is -1.61. The van der Waals surface area contributed by atoms with Crippen molar-refractivity contribution in [2.75, 3.05) is 20.1 Å². The molecule has 0 saturated carbocycles. The van der Waals surface area contributed by atoms with Crippen molar-refractivity contribution in [3.63, 3.8) is 0 Å². The highest BCUT2D eigenvalue weighted by Crippen LogP contribution is 2.43. The number of fused-ring (bicyclic) bond motifs is 3. The number of aliphatic hydroxyl groups excluding tert-OH is 1. The lowest BCUT2D eigenvalue weighted by Crippen LogP contribution is -2.66. The van der Waals surface area contributed by atoms with Gasteiger partial charge in [0.25, 0.3) is 5.91 Å². The molecule has 1 saturated heterocycles. The molecule has 1 aliphatic carbocycles. The van der Waals surface area contributed by atoms with E-state index in [0.717, 1.165) is 12.8 Å². The molecule has 0 bridgehead atoms. The highest BCUT2D eigenvalue weighted by atomic mass is 16.3. The van der Waals surface area contributed by atoms with Crippen LogP contribution in [0.15, 0.2) is 60.0 Å². The van der Waals surface area contributed by atoms with Crippen molar-refractivity contribution < 1.29 is 14.7 Å². The van der Waals surface area contributed by atoms with Crippen LogP contribution in [0.4, 0.5) is 0 Å². The largest absolute Gasteiger partial charge is 0.503 e. The summed E-state index contributed by atoms with van der Waals surface area (Å²) in [5.41, 5.74) is 11.0. The molecule has 0 radical (unpaired) electrons. The van der Waals surface area contributed by atoms with Gasteiger partial charge in [0.05, 0.1) is 6.04 Å². The van der Waals surface area contributed by atoms with E-state index in [1.165, 1.54) is 22.3 Å². The third kappa shape index (κ3) is 3.34. The molecule has 1 fully saturated rings. The average Bonchev–Trinajstić information content (AvgIpc) is 2.98. The summed E-state index contributed by atoms with van der Waals surface area (Å²) in [5, 5.41) is 14.8. The van der Waals surface area contributed by atoms with Crippen LogP contribution in [0.3, 0.4) is 0 Å². The second-order valence-corrected chi connectivity index (χ2v) is 9.20. The highest BCUT2D eigenvalue weighted by Gasteiger charge is 2.50. The maximum atomic E-state index is 13.3. The Hall–Kier alpha value is -3.16. The number of aliphatic hydroxyl groups is 1. The van der Waals surface area contributed by atoms with Gasteiger partial charge in [-0.1, -0.05) is 55.5 Å². The van der Waals surface area contributed by atoms with Crippen molar-refractivity contribution in [2.24, 2.45) is 11.7 Å². The molecule has 3 N–H and O–H groups in total. The first-order valence-corrected chi connectivity index (χ1v) is 11.6. The predicted molar refractivity (Wildman–Crippen MR) is 125 cm³/mol. The van der Waals surface area contributed by atoms with Gasteiger partial charge in [0, 0.05) is 19.5 Å². The topological polar surface area (TPSA) is 90.1 Å². The quantitative estimate of drug-likeness (QED) is 0.753. The Morgan fingerprint density at radius 1 is 1.00 bits per heavy atom. The van der Waals surface area contributed by atoms with Gasteiger partial charge >= 0.3 is 0 Å². The van der Waals surface area contributed by atoms with Gasteiger partial charge in [-0.2, -0.15) is 5.01 Å². The monoisotopic (exact) mass is 446 g/mol. The molecule has 172 valence electrons. The van der Waals surface area contributed by atoms with Crippen LogP contribution >= 0.6 is 0 Å². The molecular weight excluding hydrogens is 416 g/mol. The van der Waals surface area contributed by atoms with Crippen LogP contribution in [0.25, 0.3) is 0 Å². The van der Waals surface area contributed by atoms with Crippen LogP contribution in [-0.4, -0.2) is 58.0 Å². The zero-order valence-corrected chi connectivity index (χ0v) is 19.1. The Morgan fingerprint density at radius 3 is 2.15 bits per heavy atom. The number of hydrogen-bond acceptors (Lipinski definition) is 6. The number of nitrogens with two attached hydrogens (primary N) is 1. The van der Waals surface area contributed by atoms with Crippen molar-refractivity contribution in [2.45, 2.75) is 38.4 Å². The number of aryl methyl sites for hydroxylation is 2. The number of ketones is 1. The minimum Gasteiger partial charge on any atom is -0.503 e. The van der Waals surface area contributed by atoms with Crippen LogP contribution < -0.4 is 5.73 Å². The Morgan fingerprint density at radius 2 is 1.58 bits per heavy atom. The number of rotatable bonds is 3. The number of allylic oxidation sites excluding steroid dienone is 1. The zero-order chi connectivity index (χ0) is 23.3. The molecule has 2 aromatic rings. The Bertz CT molecular complexity index is 1100. The average molecular weight is 447 g/mol. The van der Waals surface area contributed by atoms with E-state index >= 15 is 0 Å². The number of carbonyl (C=O) groups excluding carboxylic acids is 2. The minimum absolute atomic E-state index is 0.0630. The lowest BCUT2D eigenvalue weighted by atomic mass is 9.91. The molecule has 0 aromatic heterocycles. The number of amides is 1. The molecule has 2 aromatic carbocycles. The third-order valence-corrected chi connectivity index (χ3v) is 7.22. The van der Waals surface area contributed by atoms with E-state index < -0.39 is 11.7 Å². The van der Waals surface area contributed by atoms with Crippen LogP contribution in [0.1, 0.15) is 41.6 Å². The Balaban J connectivity index is 1.77. The van der Waals surface area contributed by atoms with Gasteiger partial charge in [0.2, 0.25) is 5.78 Å². The molecule has 5 rings (SSSR count). The van der Waals surface area contributed by atoms with Gasteiger partial charge in [-0.25, -0.2) is 0 Å². The molecule has 7 nitrogen and oxygen atoms in total. The number of hydrogen-bond donors (Lipinski definition) is 2. The lowest BCUT2D eigenvalue weighted by Gasteiger charge is -2.55. The normalized spacial score (nSPS) is 23.8. The zero-order valence-electron chi connectivity index (χ0n) is 19.1. The fourth-order valence-electron chi connectivity index (χ4n) is 5.53. The smallest absolute Gasteiger partial charge is 0.276 e. The maximum absolute atomic E-state index is 13.3. The van der Waals surface area contributed by atoms with Crippen LogP contribution in [-0.2, 0) is 22.4 Å². The fraction of sp³-hybridized carbons (Fsp3) is 0.385.